The molecule has 2 heterocycles. The normalized spacial score (nSPS) is 16.4. The number of nitrogens with one attached hydrogen (secondary N) is 1. The number of piperidine rings is 1. The van der Waals surface area contributed by atoms with E-state index in [-0.39, 0.29) is 11.5 Å². The summed E-state index contributed by atoms with van der Waals surface area (Å²) in [6.45, 7) is 17.4. The van der Waals surface area contributed by atoms with Gasteiger partial charge in [-0.2, -0.15) is 4.98 Å². The zero-order valence-corrected chi connectivity index (χ0v) is 20.5. The number of nitrogens with zero attached hydrogens (tertiary/aromatic N) is 5. The van der Waals surface area contributed by atoms with E-state index in [4.69, 9.17) is 9.26 Å². The van der Waals surface area contributed by atoms with Gasteiger partial charge in [0.15, 0.2) is 11.8 Å². The van der Waals surface area contributed by atoms with Crippen molar-refractivity contribution >= 4 is 12.1 Å². The average Bonchev–Trinajstić information content (AvgIpc) is 3.15. The molecule has 1 aliphatic rings. The van der Waals surface area contributed by atoms with Crippen LogP contribution in [0.4, 0.5) is 4.79 Å². The number of ether oxygens (including phenoxy) is 1. The molecule has 0 bridgehead atoms. The van der Waals surface area contributed by atoms with Crippen molar-refractivity contribution in [3.8, 4) is 0 Å². The first-order valence-electron chi connectivity index (χ1n) is 11.2. The van der Waals surface area contributed by atoms with Crippen LogP contribution in [-0.2, 0) is 16.7 Å². The Morgan fingerprint density at radius 3 is 2.39 bits per heavy atom. The van der Waals surface area contributed by atoms with Crippen molar-refractivity contribution in [2.75, 3.05) is 33.2 Å². The van der Waals surface area contributed by atoms with Crippen LogP contribution in [0, 0.1) is 5.92 Å². The van der Waals surface area contributed by atoms with Crippen molar-refractivity contribution in [3.05, 3.63) is 11.7 Å². The Kier molecular flexibility index (Phi) is 8.31. The van der Waals surface area contributed by atoms with Gasteiger partial charge in [-0.25, -0.2) is 4.79 Å². The number of guanidine groups is 1. The van der Waals surface area contributed by atoms with Gasteiger partial charge in [0, 0.05) is 38.6 Å². The van der Waals surface area contributed by atoms with Gasteiger partial charge in [0.2, 0.25) is 5.89 Å². The van der Waals surface area contributed by atoms with Gasteiger partial charge < -0.3 is 24.4 Å². The Morgan fingerprint density at radius 2 is 1.90 bits per heavy atom. The smallest absolute Gasteiger partial charge is 0.410 e. The molecule has 1 amide bonds. The van der Waals surface area contributed by atoms with Gasteiger partial charge in [0.05, 0.1) is 6.54 Å². The monoisotopic (exact) mass is 436 g/mol. The predicted molar refractivity (Wildman–Crippen MR) is 121 cm³/mol. The fourth-order valence-corrected chi connectivity index (χ4v) is 3.42. The van der Waals surface area contributed by atoms with E-state index in [1.165, 1.54) is 0 Å². The highest BCUT2D eigenvalue weighted by molar-refractivity contribution is 5.79. The van der Waals surface area contributed by atoms with Crippen LogP contribution in [0.25, 0.3) is 0 Å². The standard InChI is InChI=1S/C22H40N6O3/c1-9-27(20(29)30-22(5,6)7)15-16-10-12-28(13-11-16)19(23-8)24-14-17-25-18(31-26-17)21(2,3)4/h16H,9-15H2,1-8H3,(H,23,24). The largest absolute Gasteiger partial charge is 0.444 e. The summed E-state index contributed by atoms with van der Waals surface area (Å²) in [5, 5.41) is 7.40. The molecule has 1 aromatic heterocycles. The third kappa shape index (κ3) is 7.70. The van der Waals surface area contributed by atoms with Crippen molar-refractivity contribution in [2.24, 2.45) is 10.9 Å². The van der Waals surface area contributed by atoms with E-state index >= 15 is 0 Å². The predicted octanol–water partition coefficient (Wildman–Crippen LogP) is 3.41. The number of carbonyl (C=O) groups excluding carboxylic acids is 1. The Bertz CT molecular complexity index is 739. The zero-order chi connectivity index (χ0) is 23.2. The maximum atomic E-state index is 12.4. The highest BCUT2D eigenvalue weighted by atomic mass is 16.6. The summed E-state index contributed by atoms with van der Waals surface area (Å²) in [6, 6.07) is 0. The molecule has 0 aliphatic carbocycles. The van der Waals surface area contributed by atoms with Crippen molar-refractivity contribution < 1.29 is 14.1 Å². The van der Waals surface area contributed by atoms with Crippen molar-refractivity contribution in [1.29, 1.82) is 0 Å². The first-order valence-corrected chi connectivity index (χ1v) is 11.2. The van der Waals surface area contributed by atoms with Crippen LogP contribution in [0.2, 0.25) is 0 Å². The number of aliphatic imine (C=N–C) groups is 1. The van der Waals surface area contributed by atoms with Crippen molar-refractivity contribution in [3.63, 3.8) is 0 Å². The lowest BCUT2D eigenvalue weighted by Crippen LogP contribution is -2.47. The second kappa shape index (κ2) is 10.3. The summed E-state index contributed by atoms with van der Waals surface area (Å²) in [6.07, 6.45) is 1.76. The molecule has 0 radical (unpaired) electrons. The third-order valence-electron chi connectivity index (χ3n) is 5.15. The minimum atomic E-state index is -0.474. The molecular weight excluding hydrogens is 396 g/mol. The highest BCUT2D eigenvalue weighted by Gasteiger charge is 2.27. The molecule has 176 valence electrons. The zero-order valence-electron chi connectivity index (χ0n) is 20.5. The Balaban J connectivity index is 1.83. The van der Waals surface area contributed by atoms with Gasteiger partial charge in [-0.05, 0) is 46.5 Å². The van der Waals surface area contributed by atoms with Crippen LogP contribution in [0.3, 0.4) is 0 Å². The summed E-state index contributed by atoms with van der Waals surface area (Å²) >= 11 is 0. The molecular formula is C22H40N6O3. The van der Waals surface area contributed by atoms with Crippen LogP contribution in [0.5, 0.6) is 0 Å². The summed E-state index contributed by atoms with van der Waals surface area (Å²) in [7, 11) is 1.78. The first-order chi connectivity index (χ1) is 14.4. The number of carbonyl (C=O) groups is 1. The summed E-state index contributed by atoms with van der Waals surface area (Å²) in [4.78, 5) is 25.3. The van der Waals surface area contributed by atoms with Gasteiger partial charge >= 0.3 is 6.09 Å². The summed E-state index contributed by atoms with van der Waals surface area (Å²) < 4.78 is 10.9. The molecule has 1 fully saturated rings. The van der Waals surface area contributed by atoms with E-state index in [2.05, 4.69) is 25.3 Å². The molecule has 0 spiro atoms. The highest BCUT2D eigenvalue weighted by Crippen LogP contribution is 2.21. The third-order valence-corrected chi connectivity index (χ3v) is 5.15. The molecule has 31 heavy (non-hydrogen) atoms. The maximum Gasteiger partial charge on any atom is 0.410 e. The number of aromatic nitrogens is 2. The molecule has 2 rings (SSSR count). The second-order valence-corrected chi connectivity index (χ2v) is 10.1. The van der Waals surface area contributed by atoms with Crippen LogP contribution < -0.4 is 5.32 Å². The Hall–Kier alpha value is -2.32. The molecule has 1 saturated heterocycles. The van der Waals surface area contributed by atoms with Crippen LogP contribution >= 0.6 is 0 Å². The minimum absolute atomic E-state index is 0.166. The number of hydrogen-bond acceptors (Lipinski definition) is 6. The molecule has 9 nitrogen and oxygen atoms in total. The van der Waals surface area contributed by atoms with E-state index in [1.807, 2.05) is 53.4 Å². The van der Waals surface area contributed by atoms with Crippen molar-refractivity contribution in [2.45, 2.75) is 78.9 Å². The average molecular weight is 437 g/mol. The maximum absolute atomic E-state index is 12.4. The topological polar surface area (TPSA) is 96.1 Å². The number of rotatable bonds is 5. The summed E-state index contributed by atoms with van der Waals surface area (Å²) in [5.74, 6) is 2.54. The van der Waals surface area contributed by atoms with Gasteiger partial charge in [-0.15, -0.1) is 0 Å². The molecule has 0 atom stereocenters. The minimum Gasteiger partial charge on any atom is -0.444 e. The fourth-order valence-electron chi connectivity index (χ4n) is 3.42. The Morgan fingerprint density at radius 1 is 1.26 bits per heavy atom. The van der Waals surface area contributed by atoms with Gasteiger partial charge in [-0.1, -0.05) is 25.9 Å². The summed E-state index contributed by atoms with van der Waals surface area (Å²) in [5.41, 5.74) is -0.640. The molecule has 0 unspecified atom stereocenters. The second-order valence-electron chi connectivity index (χ2n) is 10.1. The van der Waals surface area contributed by atoms with Crippen molar-refractivity contribution in [1.82, 2.24) is 25.3 Å². The molecule has 1 N–H and O–H groups in total. The number of hydrogen-bond donors (Lipinski definition) is 1. The number of likely N-dealkylation sites (tertiary alicyclic amines) is 1. The van der Waals surface area contributed by atoms with Gasteiger partial charge in [0.25, 0.3) is 0 Å². The van der Waals surface area contributed by atoms with Gasteiger partial charge in [-0.3, -0.25) is 4.99 Å². The SMILES string of the molecule is CCN(CC1CCN(C(=NC)NCc2noc(C(C)(C)C)n2)CC1)C(=O)OC(C)(C)C. The molecule has 9 heteroatoms. The lowest BCUT2D eigenvalue weighted by atomic mass is 9.96. The van der Waals surface area contributed by atoms with E-state index in [0.29, 0.717) is 30.7 Å². The van der Waals surface area contributed by atoms with E-state index in [0.717, 1.165) is 38.4 Å². The van der Waals surface area contributed by atoms with Crippen LogP contribution in [0.1, 0.15) is 73.0 Å². The van der Waals surface area contributed by atoms with E-state index in [9.17, 15) is 4.79 Å². The van der Waals surface area contributed by atoms with Gasteiger partial charge in [0.1, 0.15) is 5.60 Å². The molecule has 0 aromatic carbocycles. The first kappa shape index (κ1) is 24.9. The molecule has 0 saturated carbocycles. The molecule has 1 aliphatic heterocycles. The number of amides is 1. The fraction of sp³-hybridized carbons (Fsp3) is 0.818. The molecule has 1 aromatic rings. The lowest BCUT2D eigenvalue weighted by Gasteiger charge is -2.36. The Labute approximate surface area is 186 Å². The quantitative estimate of drug-likeness (QED) is 0.558. The van der Waals surface area contributed by atoms with Crippen LogP contribution in [0.15, 0.2) is 9.52 Å². The van der Waals surface area contributed by atoms with E-state index in [1.54, 1.807) is 7.05 Å². The van der Waals surface area contributed by atoms with E-state index < -0.39 is 5.60 Å². The lowest BCUT2D eigenvalue weighted by molar-refractivity contribution is 0.0214. The van der Waals surface area contributed by atoms with Crippen LogP contribution in [-0.4, -0.2) is 70.8 Å².